The number of hydrogen-bond donors (Lipinski definition) is 1. The van der Waals surface area contributed by atoms with Gasteiger partial charge in [-0.25, -0.2) is 0 Å². The maximum Gasteiger partial charge on any atom is 0.158 e. The highest BCUT2D eigenvalue weighted by atomic mass is 35.5. The Morgan fingerprint density at radius 1 is 1.47 bits per heavy atom. The summed E-state index contributed by atoms with van der Waals surface area (Å²) in [7, 11) is 1.86. The molecule has 82 valence electrons. The van der Waals surface area contributed by atoms with Gasteiger partial charge in [-0.05, 0) is 32.0 Å². The van der Waals surface area contributed by atoms with Gasteiger partial charge in [-0.2, -0.15) is 0 Å². The fourth-order valence-electron chi connectivity index (χ4n) is 2.22. The zero-order valence-corrected chi connectivity index (χ0v) is 10.3. The van der Waals surface area contributed by atoms with Crippen molar-refractivity contribution in [2.24, 2.45) is 0 Å². The van der Waals surface area contributed by atoms with Crippen molar-refractivity contribution in [2.45, 2.75) is 31.2 Å². The Morgan fingerprint density at radius 3 is 2.80 bits per heavy atom. The molecule has 0 radical (unpaired) electrons. The van der Waals surface area contributed by atoms with Gasteiger partial charge in [-0.3, -0.25) is 4.79 Å². The Kier molecular flexibility index (Phi) is 3.14. The van der Waals surface area contributed by atoms with Crippen LogP contribution < -0.4 is 5.32 Å². The van der Waals surface area contributed by atoms with Gasteiger partial charge in [-0.1, -0.05) is 18.0 Å². The van der Waals surface area contributed by atoms with Crippen molar-refractivity contribution in [3.05, 3.63) is 21.3 Å². The fraction of sp³-hybridized carbons (Fsp3) is 0.545. The third-order valence-electron chi connectivity index (χ3n) is 3.10. The second-order valence-corrected chi connectivity index (χ2v) is 5.60. The van der Waals surface area contributed by atoms with Gasteiger partial charge >= 0.3 is 0 Å². The summed E-state index contributed by atoms with van der Waals surface area (Å²) in [6.07, 6.45) is 3.68. The van der Waals surface area contributed by atoms with Crippen LogP contribution in [0.3, 0.4) is 0 Å². The molecule has 0 amide bonds. The average molecular weight is 244 g/mol. The summed E-state index contributed by atoms with van der Waals surface area (Å²) in [5.41, 5.74) is -0.462. The summed E-state index contributed by atoms with van der Waals surface area (Å²) < 4.78 is 0.748. The van der Waals surface area contributed by atoms with Crippen LogP contribution in [0.4, 0.5) is 0 Å². The molecule has 1 fully saturated rings. The normalized spacial score (nSPS) is 26.9. The van der Waals surface area contributed by atoms with Crippen molar-refractivity contribution < 1.29 is 4.79 Å². The van der Waals surface area contributed by atoms with E-state index >= 15 is 0 Å². The Bertz CT molecular complexity index is 376. The maximum atomic E-state index is 12.1. The molecular formula is C11H14ClNOS. The maximum absolute atomic E-state index is 12.1. The van der Waals surface area contributed by atoms with Crippen molar-refractivity contribution in [3.8, 4) is 0 Å². The van der Waals surface area contributed by atoms with E-state index in [2.05, 4.69) is 5.32 Å². The molecule has 1 N–H and O–H groups in total. The summed E-state index contributed by atoms with van der Waals surface area (Å²) in [5.74, 6) is 0.301. The lowest BCUT2D eigenvalue weighted by molar-refractivity contribution is -0.127. The Hall–Kier alpha value is -0.380. The highest BCUT2D eigenvalue weighted by Gasteiger charge is 2.40. The molecule has 15 heavy (non-hydrogen) atoms. The number of carbonyl (C=O) groups is 1. The first-order valence-electron chi connectivity index (χ1n) is 5.17. The Labute approximate surface area is 98.6 Å². The van der Waals surface area contributed by atoms with Gasteiger partial charge in [0.1, 0.15) is 5.54 Å². The van der Waals surface area contributed by atoms with E-state index in [1.54, 1.807) is 0 Å². The molecule has 0 unspecified atom stereocenters. The van der Waals surface area contributed by atoms with Crippen molar-refractivity contribution in [3.63, 3.8) is 0 Å². The number of ketones is 1. The minimum Gasteiger partial charge on any atom is -0.304 e. The van der Waals surface area contributed by atoms with Crippen LogP contribution in [-0.4, -0.2) is 12.8 Å². The van der Waals surface area contributed by atoms with Crippen molar-refractivity contribution in [1.29, 1.82) is 0 Å². The molecule has 4 heteroatoms. The molecule has 0 bridgehead atoms. The smallest absolute Gasteiger partial charge is 0.158 e. The van der Waals surface area contributed by atoms with E-state index in [-0.39, 0.29) is 0 Å². The zero-order valence-electron chi connectivity index (χ0n) is 8.68. The lowest BCUT2D eigenvalue weighted by Gasteiger charge is -2.34. The predicted octanol–water partition coefficient (Wildman–Crippen LogP) is 2.96. The molecule has 1 aliphatic rings. The van der Waals surface area contributed by atoms with Gasteiger partial charge in [0.2, 0.25) is 0 Å². The van der Waals surface area contributed by atoms with E-state index in [9.17, 15) is 4.79 Å². The van der Waals surface area contributed by atoms with E-state index in [0.717, 1.165) is 28.5 Å². The van der Waals surface area contributed by atoms with Gasteiger partial charge in [0.05, 0.1) is 4.34 Å². The molecule has 0 aromatic carbocycles. The topological polar surface area (TPSA) is 29.1 Å². The molecule has 1 atom stereocenters. The monoisotopic (exact) mass is 243 g/mol. The summed E-state index contributed by atoms with van der Waals surface area (Å²) >= 11 is 7.43. The molecule has 1 saturated carbocycles. The molecule has 2 rings (SSSR count). The molecule has 0 aliphatic heterocycles. The minimum atomic E-state index is -0.462. The van der Waals surface area contributed by atoms with Crippen molar-refractivity contribution in [1.82, 2.24) is 5.32 Å². The number of nitrogens with one attached hydrogen (secondary N) is 1. The average Bonchev–Trinajstić information content (AvgIpc) is 2.66. The largest absolute Gasteiger partial charge is 0.304 e. The van der Waals surface area contributed by atoms with E-state index in [1.165, 1.54) is 11.3 Å². The van der Waals surface area contributed by atoms with Crippen LogP contribution in [0.15, 0.2) is 12.1 Å². The number of carbonyl (C=O) groups excluding carboxylic acids is 1. The third kappa shape index (κ3) is 1.84. The van der Waals surface area contributed by atoms with Gasteiger partial charge in [0.25, 0.3) is 0 Å². The summed E-state index contributed by atoms with van der Waals surface area (Å²) in [6, 6.07) is 3.83. The second-order valence-electron chi connectivity index (χ2n) is 3.89. The summed E-state index contributed by atoms with van der Waals surface area (Å²) in [6.45, 7) is 0. The summed E-state index contributed by atoms with van der Waals surface area (Å²) in [4.78, 5) is 13.1. The van der Waals surface area contributed by atoms with Crippen LogP contribution in [0.25, 0.3) is 0 Å². The molecule has 2 nitrogen and oxygen atoms in total. The Balaban J connectivity index is 2.39. The first kappa shape index (κ1) is 11.1. The van der Waals surface area contributed by atoms with Crippen LogP contribution >= 0.6 is 22.9 Å². The first-order valence-corrected chi connectivity index (χ1v) is 6.36. The van der Waals surface area contributed by atoms with Crippen LogP contribution in [0.5, 0.6) is 0 Å². The second kappa shape index (κ2) is 4.24. The highest BCUT2D eigenvalue weighted by molar-refractivity contribution is 7.16. The predicted molar refractivity (Wildman–Crippen MR) is 63.5 cm³/mol. The van der Waals surface area contributed by atoms with Gasteiger partial charge in [-0.15, -0.1) is 11.3 Å². The number of halogens is 1. The lowest BCUT2D eigenvalue weighted by Crippen LogP contribution is -2.48. The number of Topliss-reactive ketones (excluding diaryl/α,β-unsaturated/α-hetero) is 1. The molecule has 1 aliphatic carbocycles. The molecule has 0 spiro atoms. The zero-order chi connectivity index (χ0) is 10.9. The van der Waals surface area contributed by atoms with E-state index in [0.29, 0.717) is 12.2 Å². The van der Waals surface area contributed by atoms with Gasteiger partial charge in [0.15, 0.2) is 5.78 Å². The van der Waals surface area contributed by atoms with Crippen molar-refractivity contribution >= 4 is 28.7 Å². The quantitative estimate of drug-likeness (QED) is 0.865. The number of thiophene rings is 1. The number of likely N-dealkylation sites (N-methyl/N-ethyl adjacent to an activating group) is 1. The molecule has 0 saturated heterocycles. The number of rotatable bonds is 2. The van der Waals surface area contributed by atoms with E-state index in [1.807, 2.05) is 19.2 Å². The minimum absolute atomic E-state index is 0.301. The standard InChI is InChI=1S/C11H14ClNOS/c1-13-11(7-3-2-4-8(11)14)9-5-6-10(12)15-9/h5-6,13H,2-4,7H2,1H3/t11-/m0/s1. The van der Waals surface area contributed by atoms with E-state index < -0.39 is 5.54 Å². The lowest BCUT2D eigenvalue weighted by atomic mass is 9.79. The summed E-state index contributed by atoms with van der Waals surface area (Å²) in [5, 5.41) is 3.20. The molecule has 1 heterocycles. The fourth-order valence-corrected chi connectivity index (χ4v) is 3.51. The highest BCUT2D eigenvalue weighted by Crippen LogP contribution is 2.38. The first-order chi connectivity index (χ1) is 7.19. The molecule has 1 aromatic rings. The van der Waals surface area contributed by atoms with Crippen LogP contribution in [0, 0.1) is 0 Å². The SMILES string of the molecule is CN[C@@]1(c2ccc(Cl)s2)CCCCC1=O. The van der Waals surface area contributed by atoms with Crippen LogP contribution in [0.1, 0.15) is 30.6 Å². The Morgan fingerprint density at radius 2 is 2.27 bits per heavy atom. The molecular weight excluding hydrogens is 230 g/mol. The van der Waals surface area contributed by atoms with Gasteiger partial charge in [0, 0.05) is 11.3 Å². The van der Waals surface area contributed by atoms with Crippen molar-refractivity contribution in [2.75, 3.05) is 7.05 Å². The molecule has 1 aromatic heterocycles. The van der Waals surface area contributed by atoms with E-state index in [4.69, 9.17) is 11.6 Å². The third-order valence-corrected chi connectivity index (χ3v) is 4.50. The van der Waals surface area contributed by atoms with Gasteiger partial charge < -0.3 is 5.32 Å². The van der Waals surface area contributed by atoms with Crippen LogP contribution in [-0.2, 0) is 10.3 Å². The number of hydrogen-bond acceptors (Lipinski definition) is 3. The van der Waals surface area contributed by atoms with Crippen LogP contribution in [0.2, 0.25) is 4.34 Å².